The van der Waals surface area contributed by atoms with E-state index in [1.165, 1.54) is 0 Å². The third-order valence-corrected chi connectivity index (χ3v) is 7.56. The van der Waals surface area contributed by atoms with Gasteiger partial charge in [-0.3, -0.25) is 14.2 Å². The van der Waals surface area contributed by atoms with Gasteiger partial charge in [-0.1, -0.05) is 6.07 Å². The molecule has 3 aliphatic heterocycles. The highest BCUT2D eigenvalue weighted by molar-refractivity contribution is 6.06. The van der Waals surface area contributed by atoms with Crippen molar-refractivity contribution < 1.29 is 9.90 Å². The number of nitrogens with one attached hydrogen (secondary N) is 2. The second-order valence-electron chi connectivity index (χ2n) is 9.59. The smallest absolute Gasteiger partial charge is 0.254 e. The molecule has 35 heavy (non-hydrogen) atoms. The van der Waals surface area contributed by atoms with Crippen molar-refractivity contribution >= 4 is 28.7 Å². The van der Waals surface area contributed by atoms with E-state index in [-0.39, 0.29) is 12.0 Å². The summed E-state index contributed by atoms with van der Waals surface area (Å²) in [5.41, 5.74) is 5.84. The van der Waals surface area contributed by atoms with E-state index >= 15 is 0 Å². The van der Waals surface area contributed by atoms with Crippen LogP contribution in [0, 0.1) is 0 Å². The molecule has 3 aliphatic rings. The van der Waals surface area contributed by atoms with E-state index in [9.17, 15) is 9.90 Å². The van der Waals surface area contributed by atoms with Crippen LogP contribution in [-0.4, -0.2) is 48.6 Å². The second kappa shape index (κ2) is 7.78. The van der Waals surface area contributed by atoms with Crippen molar-refractivity contribution in [2.75, 3.05) is 10.2 Å². The van der Waals surface area contributed by atoms with Gasteiger partial charge in [-0.15, -0.1) is 0 Å². The van der Waals surface area contributed by atoms with Crippen LogP contribution < -0.4 is 15.5 Å². The number of aliphatic hydroxyl groups excluding tert-OH is 1. The van der Waals surface area contributed by atoms with Gasteiger partial charge in [0.2, 0.25) is 0 Å². The molecular weight excluding hydrogens is 442 g/mol. The number of amides is 1. The summed E-state index contributed by atoms with van der Waals surface area (Å²) < 4.78 is 1.98. The molecule has 7 rings (SSSR count). The molecule has 6 heterocycles. The van der Waals surface area contributed by atoms with Gasteiger partial charge in [0.25, 0.3) is 5.91 Å². The van der Waals surface area contributed by atoms with Crippen LogP contribution in [0.3, 0.4) is 0 Å². The van der Waals surface area contributed by atoms with E-state index in [4.69, 9.17) is 4.98 Å². The Labute approximate surface area is 201 Å². The summed E-state index contributed by atoms with van der Waals surface area (Å²) >= 11 is 0. The maximum atomic E-state index is 12.8. The number of fused-ring (bicyclic) bond motifs is 4. The fourth-order valence-corrected chi connectivity index (χ4v) is 6.02. The first-order chi connectivity index (χ1) is 17.2. The largest absolute Gasteiger partial charge is 0.393 e. The molecule has 3 atom stereocenters. The molecule has 4 aromatic rings. The van der Waals surface area contributed by atoms with Crippen LogP contribution in [0.2, 0.25) is 0 Å². The molecule has 176 valence electrons. The predicted molar refractivity (Wildman–Crippen MR) is 132 cm³/mol. The lowest BCUT2D eigenvalue weighted by atomic mass is 9.99. The molecule has 2 bridgehead atoms. The number of anilines is 3. The zero-order chi connectivity index (χ0) is 23.5. The Bertz CT molecular complexity index is 1430. The quantitative estimate of drug-likeness (QED) is 0.423. The van der Waals surface area contributed by atoms with Crippen molar-refractivity contribution in [3.8, 4) is 11.3 Å². The Hall–Kier alpha value is -3.98. The van der Waals surface area contributed by atoms with E-state index in [0.717, 1.165) is 65.3 Å². The average molecular weight is 468 g/mol. The first-order valence-electron chi connectivity index (χ1n) is 12.1. The molecule has 0 spiro atoms. The van der Waals surface area contributed by atoms with Gasteiger partial charge in [-0.2, -0.15) is 0 Å². The number of pyridine rings is 1. The lowest BCUT2D eigenvalue weighted by Gasteiger charge is -2.38. The Kier molecular flexibility index (Phi) is 4.53. The number of aliphatic hydroxyl groups is 1. The van der Waals surface area contributed by atoms with Crippen LogP contribution in [0.5, 0.6) is 0 Å². The number of nitrogens with zero attached hydrogens (tertiary/aromatic N) is 5. The van der Waals surface area contributed by atoms with Gasteiger partial charge in [0.1, 0.15) is 5.82 Å². The average Bonchev–Trinajstić information content (AvgIpc) is 3.55. The summed E-state index contributed by atoms with van der Waals surface area (Å²) in [6, 6.07) is 8.75. The highest BCUT2D eigenvalue weighted by Gasteiger charge is 2.40. The summed E-state index contributed by atoms with van der Waals surface area (Å²) in [5, 5.41) is 16.5. The van der Waals surface area contributed by atoms with Crippen molar-refractivity contribution in [2.45, 2.75) is 50.4 Å². The van der Waals surface area contributed by atoms with Gasteiger partial charge in [0.05, 0.1) is 47.3 Å². The van der Waals surface area contributed by atoms with Crippen molar-refractivity contribution in [1.29, 1.82) is 0 Å². The van der Waals surface area contributed by atoms with Crippen LogP contribution in [0.25, 0.3) is 16.9 Å². The van der Waals surface area contributed by atoms with Crippen molar-refractivity contribution in [3.05, 3.63) is 66.4 Å². The minimum Gasteiger partial charge on any atom is -0.393 e. The molecule has 3 N–H and O–H groups in total. The van der Waals surface area contributed by atoms with Crippen molar-refractivity contribution in [1.82, 2.24) is 24.7 Å². The zero-order valence-electron chi connectivity index (χ0n) is 19.1. The number of imidazole rings is 1. The maximum absolute atomic E-state index is 12.8. The zero-order valence-corrected chi connectivity index (χ0v) is 19.1. The Morgan fingerprint density at radius 2 is 1.89 bits per heavy atom. The number of carbonyl (C=O) groups excluding carboxylic acids is 1. The SMILES string of the molecule is O=C1NCc2c(-c3cnc4cnccn34)ccc(Nc3ccc(N4[C@@H]5CC[C@H]4CC(O)C5)nc3)c21. The fourth-order valence-electron chi connectivity index (χ4n) is 6.02. The Morgan fingerprint density at radius 1 is 1.03 bits per heavy atom. The molecule has 0 radical (unpaired) electrons. The van der Waals surface area contributed by atoms with Crippen molar-refractivity contribution in [2.24, 2.45) is 0 Å². The van der Waals surface area contributed by atoms with E-state index in [0.29, 0.717) is 24.2 Å². The number of hydrogen-bond acceptors (Lipinski definition) is 7. The molecule has 3 aromatic heterocycles. The van der Waals surface area contributed by atoms with Crippen molar-refractivity contribution in [3.63, 3.8) is 0 Å². The van der Waals surface area contributed by atoms with Crippen LogP contribution in [0.15, 0.2) is 55.2 Å². The molecule has 9 nitrogen and oxygen atoms in total. The number of carbonyl (C=O) groups is 1. The monoisotopic (exact) mass is 467 g/mol. The Morgan fingerprint density at radius 3 is 2.69 bits per heavy atom. The minimum atomic E-state index is -0.196. The first kappa shape index (κ1) is 20.4. The topological polar surface area (TPSA) is 108 Å². The van der Waals surface area contributed by atoms with E-state index in [2.05, 4.69) is 25.5 Å². The number of benzene rings is 1. The lowest BCUT2D eigenvalue weighted by molar-refractivity contribution is 0.0966. The third-order valence-electron chi connectivity index (χ3n) is 7.56. The Balaban J connectivity index is 1.19. The molecule has 9 heteroatoms. The highest BCUT2D eigenvalue weighted by atomic mass is 16.3. The summed E-state index contributed by atoms with van der Waals surface area (Å²) in [6.07, 6.45) is 12.6. The van der Waals surface area contributed by atoms with E-state index in [1.54, 1.807) is 12.4 Å². The number of aromatic nitrogens is 4. The highest BCUT2D eigenvalue weighted by Crippen LogP contribution is 2.39. The molecule has 2 fully saturated rings. The standard InChI is InChI=1S/C26H25N7O2/c34-18-9-16-2-3-17(10-18)33(16)23-6-1-15(11-28-23)31-21-5-4-19(20-12-30-26(35)25(20)21)22-13-29-24-14-27-7-8-32(22)24/h1,4-8,11,13-14,16-18,31,34H,2-3,9-10,12H2,(H,30,35)/t16-,17+,18?. The maximum Gasteiger partial charge on any atom is 0.254 e. The van der Waals surface area contributed by atoms with E-state index in [1.807, 2.05) is 47.3 Å². The lowest BCUT2D eigenvalue weighted by Crippen LogP contribution is -2.45. The minimum absolute atomic E-state index is 0.0899. The van der Waals surface area contributed by atoms with E-state index < -0.39 is 0 Å². The number of rotatable bonds is 4. The van der Waals surface area contributed by atoms with Crippen LogP contribution in [-0.2, 0) is 6.54 Å². The molecule has 0 saturated carbocycles. The van der Waals surface area contributed by atoms with Gasteiger partial charge >= 0.3 is 0 Å². The molecule has 1 aromatic carbocycles. The molecule has 1 unspecified atom stereocenters. The third kappa shape index (κ3) is 3.26. The summed E-state index contributed by atoms with van der Waals surface area (Å²) in [6.45, 7) is 0.470. The summed E-state index contributed by atoms with van der Waals surface area (Å²) in [5.74, 6) is 0.864. The predicted octanol–water partition coefficient (Wildman–Crippen LogP) is 3.27. The normalized spacial score (nSPS) is 22.9. The second-order valence-corrected chi connectivity index (χ2v) is 9.59. The molecule has 1 amide bonds. The van der Waals surface area contributed by atoms with Gasteiger partial charge in [0.15, 0.2) is 5.65 Å². The molecule has 0 aliphatic carbocycles. The summed E-state index contributed by atoms with van der Waals surface area (Å²) in [7, 11) is 0. The number of piperidine rings is 1. The first-order valence-corrected chi connectivity index (χ1v) is 12.1. The van der Waals surface area contributed by atoms with Crippen LogP contribution in [0.1, 0.15) is 41.6 Å². The fraction of sp³-hybridized carbons (Fsp3) is 0.308. The van der Waals surface area contributed by atoms with Gasteiger partial charge < -0.3 is 20.6 Å². The van der Waals surface area contributed by atoms with Gasteiger partial charge in [0, 0.05) is 36.6 Å². The van der Waals surface area contributed by atoms with Gasteiger partial charge in [-0.25, -0.2) is 9.97 Å². The summed E-state index contributed by atoms with van der Waals surface area (Å²) in [4.78, 5) is 28.5. The molecule has 2 saturated heterocycles. The van der Waals surface area contributed by atoms with Crippen LogP contribution in [0.4, 0.5) is 17.2 Å². The van der Waals surface area contributed by atoms with Crippen LogP contribution >= 0.6 is 0 Å². The molecular formula is C26H25N7O2. The van der Waals surface area contributed by atoms with Gasteiger partial charge in [-0.05, 0) is 49.4 Å². The number of hydrogen-bond donors (Lipinski definition) is 3.